The lowest BCUT2D eigenvalue weighted by molar-refractivity contribution is 0.436. The van der Waals surface area contributed by atoms with Gasteiger partial charge in [-0.3, -0.25) is 0 Å². The predicted molar refractivity (Wildman–Crippen MR) is 84.6 cm³/mol. The van der Waals surface area contributed by atoms with E-state index >= 15 is 0 Å². The number of halogens is 1. The lowest BCUT2D eigenvalue weighted by atomic mass is 10.0. The Balaban J connectivity index is 2.22. The molecule has 0 aliphatic rings. The molecule has 0 amide bonds. The molecule has 3 rings (SSSR count). The molecule has 3 aromatic rings. The van der Waals surface area contributed by atoms with Crippen molar-refractivity contribution >= 4 is 33.1 Å². The van der Waals surface area contributed by atoms with E-state index in [2.05, 4.69) is 26.1 Å². The molecule has 0 saturated carbocycles. The van der Waals surface area contributed by atoms with Crippen molar-refractivity contribution in [2.45, 2.75) is 13.8 Å². The molecule has 102 valence electrons. The zero-order valence-corrected chi connectivity index (χ0v) is 13.4. The summed E-state index contributed by atoms with van der Waals surface area (Å²) in [5.74, 6) is 1.08. The third-order valence-corrected chi connectivity index (χ3v) is 4.51. The number of aryl methyl sites for hydroxylation is 2. The van der Waals surface area contributed by atoms with Gasteiger partial charge in [-0.1, -0.05) is 33.2 Å². The Morgan fingerprint density at radius 3 is 2.75 bits per heavy atom. The molecule has 0 atom stereocenters. The smallest absolute Gasteiger partial charge is 0.188 e. The van der Waals surface area contributed by atoms with Gasteiger partial charge in [-0.2, -0.15) is 0 Å². The third kappa shape index (κ3) is 2.25. The molecule has 0 bridgehead atoms. The number of nitrogens with zero attached hydrogens (tertiary/aromatic N) is 2. The number of thiazole rings is 1. The van der Waals surface area contributed by atoms with E-state index in [0.29, 0.717) is 11.6 Å². The average molecular weight is 350 g/mol. The van der Waals surface area contributed by atoms with Gasteiger partial charge in [0.15, 0.2) is 11.6 Å². The topological polar surface area (TPSA) is 64.9 Å². The molecule has 0 aliphatic carbocycles. The highest BCUT2D eigenvalue weighted by atomic mass is 79.9. The van der Waals surface area contributed by atoms with Crippen LogP contribution in [0.1, 0.15) is 10.7 Å². The van der Waals surface area contributed by atoms with Gasteiger partial charge in [0.25, 0.3) is 0 Å². The van der Waals surface area contributed by atoms with Gasteiger partial charge in [0.05, 0.1) is 21.1 Å². The quantitative estimate of drug-likeness (QED) is 0.743. The summed E-state index contributed by atoms with van der Waals surface area (Å²) in [6.45, 7) is 3.93. The van der Waals surface area contributed by atoms with Crippen LogP contribution in [-0.4, -0.2) is 10.1 Å². The van der Waals surface area contributed by atoms with Crippen molar-refractivity contribution in [3.8, 4) is 21.8 Å². The highest BCUT2D eigenvalue weighted by molar-refractivity contribution is 9.10. The summed E-state index contributed by atoms with van der Waals surface area (Å²) < 4.78 is 6.43. The summed E-state index contributed by atoms with van der Waals surface area (Å²) in [6, 6.07) is 7.91. The number of benzene rings is 1. The van der Waals surface area contributed by atoms with E-state index in [1.54, 1.807) is 11.3 Å². The van der Waals surface area contributed by atoms with Crippen LogP contribution < -0.4 is 5.73 Å². The number of anilines is 1. The lowest BCUT2D eigenvalue weighted by Gasteiger charge is -2.02. The minimum Gasteiger partial charge on any atom is -0.380 e. The number of nitrogen functional groups attached to an aromatic ring is 1. The minimum absolute atomic E-state index is 0.392. The second-order valence-electron chi connectivity index (χ2n) is 4.43. The van der Waals surface area contributed by atoms with Crippen molar-refractivity contribution in [1.82, 2.24) is 10.1 Å². The molecule has 0 aliphatic heterocycles. The largest absolute Gasteiger partial charge is 0.380 e. The maximum atomic E-state index is 5.98. The second-order valence-corrected chi connectivity index (χ2v) is 6.55. The first-order chi connectivity index (χ1) is 9.56. The zero-order chi connectivity index (χ0) is 14.3. The predicted octanol–water partition coefficient (Wildman–Crippen LogP) is 4.43. The zero-order valence-electron chi connectivity index (χ0n) is 11.0. The Morgan fingerprint density at radius 1 is 1.30 bits per heavy atom. The standard InChI is InChI=1S/C14H12BrN3OS/c1-7-13(20-8(2)17-7)12-11(14(16)18-19-12)9-4-3-5-10(15)6-9/h3-6H,1-2H3,(H2,16,18). The first-order valence-electron chi connectivity index (χ1n) is 6.01. The van der Waals surface area contributed by atoms with Gasteiger partial charge in [-0.05, 0) is 31.5 Å². The molecule has 0 radical (unpaired) electrons. The maximum absolute atomic E-state index is 5.98. The number of rotatable bonds is 2. The monoisotopic (exact) mass is 349 g/mol. The Hall–Kier alpha value is -1.66. The van der Waals surface area contributed by atoms with Gasteiger partial charge in [-0.15, -0.1) is 11.3 Å². The van der Waals surface area contributed by atoms with Crippen LogP contribution in [0.2, 0.25) is 0 Å². The SMILES string of the molecule is Cc1nc(C)c(-c2onc(N)c2-c2cccc(Br)c2)s1. The summed E-state index contributed by atoms with van der Waals surface area (Å²) in [4.78, 5) is 5.40. The Kier molecular flexibility index (Phi) is 3.35. The first kappa shape index (κ1) is 13.3. The van der Waals surface area contributed by atoms with Crippen molar-refractivity contribution < 1.29 is 4.52 Å². The van der Waals surface area contributed by atoms with Gasteiger partial charge < -0.3 is 10.3 Å². The molecule has 20 heavy (non-hydrogen) atoms. The Morgan fingerprint density at radius 2 is 2.10 bits per heavy atom. The van der Waals surface area contributed by atoms with E-state index < -0.39 is 0 Å². The van der Waals surface area contributed by atoms with Crippen LogP contribution in [0, 0.1) is 13.8 Å². The number of hydrogen-bond donors (Lipinski definition) is 1. The fraction of sp³-hybridized carbons (Fsp3) is 0.143. The number of aromatic nitrogens is 2. The van der Waals surface area contributed by atoms with Crippen LogP contribution in [0.25, 0.3) is 21.8 Å². The van der Waals surface area contributed by atoms with Crippen LogP contribution in [0.15, 0.2) is 33.3 Å². The number of hydrogen-bond acceptors (Lipinski definition) is 5. The highest BCUT2D eigenvalue weighted by Crippen LogP contribution is 2.40. The van der Waals surface area contributed by atoms with Crippen LogP contribution in [0.5, 0.6) is 0 Å². The van der Waals surface area contributed by atoms with Crippen molar-refractivity contribution in [3.05, 3.63) is 39.4 Å². The normalized spacial score (nSPS) is 10.9. The molecule has 2 aromatic heterocycles. The van der Waals surface area contributed by atoms with Gasteiger partial charge >= 0.3 is 0 Å². The van der Waals surface area contributed by atoms with Crippen LogP contribution in [-0.2, 0) is 0 Å². The fourth-order valence-electron chi connectivity index (χ4n) is 2.12. The van der Waals surface area contributed by atoms with E-state index in [1.807, 2.05) is 38.1 Å². The molecule has 0 unspecified atom stereocenters. The molecule has 6 heteroatoms. The fourth-order valence-corrected chi connectivity index (χ4v) is 3.42. The summed E-state index contributed by atoms with van der Waals surface area (Å²) in [7, 11) is 0. The summed E-state index contributed by atoms with van der Waals surface area (Å²) in [6.07, 6.45) is 0. The van der Waals surface area contributed by atoms with E-state index in [1.165, 1.54) is 0 Å². The van der Waals surface area contributed by atoms with Gasteiger partial charge in [0.1, 0.15) is 0 Å². The third-order valence-electron chi connectivity index (χ3n) is 2.94. The van der Waals surface area contributed by atoms with Gasteiger partial charge in [0.2, 0.25) is 0 Å². The summed E-state index contributed by atoms with van der Waals surface area (Å²) in [5.41, 5.74) is 8.70. The van der Waals surface area contributed by atoms with E-state index in [9.17, 15) is 0 Å². The molecular weight excluding hydrogens is 338 g/mol. The van der Waals surface area contributed by atoms with Crippen LogP contribution in [0.3, 0.4) is 0 Å². The van der Waals surface area contributed by atoms with Crippen molar-refractivity contribution in [2.75, 3.05) is 5.73 Å². The number of nitrogens with two attached hydrogens (primary N) is 1. The van der Waals surface area contributed by atoms with Crippen molar-refractivity contribution in [3.63, 3.8) is 0 Å². The molecule has 4 nitrogen and oxygen atoms in total. The van der Waals surface area contributed by atoms with Crippen molar-refractivity contribution in [1.29, 1.82) is 0 Å². The molecular formula is C14H12BrN3OS. The minimum atomic E-state index is 0.392. The second kappa shape index (κ2) is 5.03. The maximum Gasteiger partial charge on any atom is 0.188 e. The summed E-state index contributed by atoms with van der Waals surface area (Å²) in [5, 5.41) is 4.91. The Labute approximate surface area is 128 Å². The molecule has 0 saturated heterocycles. The summed E-state index contributed by atoms with van der Waals surface area (Å²) >= 11 is 5.05. The molecule has 2 heterocycles. The van der Waals surface area contributed by atoms with E-state index in [0.717, 1.165) is 31.2 Å². The Bertz CT molecular complexity index is 779. The molecule has 0 fully saturated rings. The van der Waals surface area contributed by atoms with Gasteiger partial charge in [-0.25, -0.2) is 4.98 Å². The molecule has 1 aromatic carbocycles. The van der Waals surface area contributed by atoms with Crippen LogP contribution >= 0.6 is 27.3 Å². The van der Waals surface area contributed by atoms with E-state index in [-0.39, 0.29) is 0 Å². The lowest BCUT2D eigenvalue weighted by Crippen LogP contribution is -1.88. The average Bonchev–Trinajstić information content (AvgIpc) is 2.92. The van der Waals surface area contributed by atoms with Crippen LogP contribution in [0.4, 0.5) is 5.82 Å². The van der Waals surface area contributed by atoms with E-state index in [4.69, 9.17) is 10.3 Å². The van der Waals surface area contributed by atoms with Crippen molar-refractivity contribution in [2.24, 2.45) is 0 Å². The molecule has 2 N–H and O–H groups in total. The first-order valence-corrected chi connectivity index (χ1v) is 7.62. The molecule has 0 spiro atoms. The highest BCUT2D eigenvalue weighted by Gasteiger charge is 2.21. The van der Waals surface area contributed by atoms with Gasteiger partial charge in [0, 0.05) is 4.47 Å².